The van der Waals surface area contributed by atoms with Crippen molar-refractivity contribution in [1.29, 1.82) is 0 Å². The Labute approximate surface area is 83.2 Å². The Morgan fingerprint density at radius 1 is 1.46 bits per heavy atom. The molecule has 0 radical (unpaired) electrons. The van der Waals surface area contributed by atoms with E-state index in [9.17, 15) is 4.79 Å². The number of nitrogens with zero attached hydrogens (tertiary/aromatic N) is 1. The average molecular weight is 199 g/mol. The lowest BCUT2D eigenvalue weighted by atomic mass is 9.93. The Morgan fingerprint density at radius 2 is 2.08 bits per heavy atom. The Hall–Kier alpha value is -0.730. The van der Waals surface area contributed by atoms with Crippen LogP contribution in [0.4, 0.5) is 0 Å². The van der Waals surface area contributed by atoms with Crippen molar-refractivity contribution in [2.75, 3.05) is 0 Å². The number of hydrogen-bond donors (Lipinski definition) is 0. The molecule has 72 valence electrons. The predicted octanol–water partition coefficient (Wildman–Crippen LogP) is 1.96. The Morgan fingerprint density at radius 3 is 2.54 bits per heavy atom. The number of thiocarbonyl (C=S) groups is 1. The number of ether oxygens (including phenoxy) is 1. The third-order valence-electron chi connectivity index (χ3n) is 2.21. The Balaban J connectivity index is 2.30. The van der Waals surface area contributed by atoms with Crippen molar-refractivity contribution in [1.82, 2.24) is 0 Å². The summed E-state index contributed by atoms with van der Waals surface area (Å²) in [6.45, 7) is 1.45. The van der Waals surface area contributed by atoms with Crippen LogP contribution in [-0.4, -0.2) is 23.3 Å². The van der Waals surface area contributed by atoms with Crippen LogP contribution in [0, 0.1) is 0 Å². The van der Waals surface area contributed by atoms with Gasteiger partial charge in [0.25, 0.3) is 0 Å². The van der Waals surface area contributed by atoms with Gasteiger partial charge in [0.1, 0.15) is 6.10 Å². The van der Waals surface area contributed by atoms with E-state index in [1.54, 1.807) is 0 Å². The summed E-state index contributed by atoms with van der Waals surface area (Å²) < 4.78 is 5.09. The van der Waals surface area contributed by atoms with Crippen molar-refractivity contribution >= 4 is 23.3 Å². The summed E-state index contributed by atoms with van der Waals surface area (Å²) in [4.78, 5) is 14.7. The molecule has 0 N–H and O–H groups in total. The van der Waals surface area contributed by atoms with Crippen LogP contribution in [0.5, 0.6) is 0 Å². The molecule has 1 saturated carbocycles. The zero-order valence-corrected chi connectivity index (χ0v) is 8.47. The van der Waals surface area contributed by atoms with Crippen LogP contribution >= 0.6 is 12.2 Å². The van der Waals surface area contributed by atoms with Gasteiger partial charge in [-0.05, 0) is 37.9 Å². The number of carbonyl (C=O) groups is 1. The quantitative estimate of drug-likeness (QED) is 0.387. The Kier molecular flexibility index (Phi) is 4.06. The Bertz CT molecular complexity index is 228. The minimum atomic E-state index is -0.193. The van der Waals surface area contributed by atoms with E-state index in [1.165, 1.54) is 6.92 Å². The van der Waals surface area contributed by atoms with Gasteiger partial charge in [0.2, 0.25) is 0 Å². The second kappa shape index (κ2) is 5.10. The van der Waals surface area contributed by atoms with E-state index in [4.69, 9.17) is 4.74 Å². The van der Waals surface area contributed by atoms with Gasteiger partial charge in [-0.15, -0.1) is 0 Å². The van der Waals surface area contributed by atoms with Crippen LogP contribution in [0.15, 0.2) is 4.99 Å². The van der Waals surface area contributed by atoms with Crippen LogP contribution in [0.3, 0.4) is 0 Å². The largest absolute Gasteiger partial charge is 0.463 e. The first-order valence-corrected chi connectivity index (χ1v) is 4.87. The molecule has 0 spiro atoms. The zero-order chi connectivity index (χ0) is 9.68. The maximum atomic E-state index is 10.6. The molecule has 0 amide bonds. The molecule has 0 bridgehead atoms. The summed E-state index contributed by atoms with van der Waals surface area (Å²) in [5.41, 5.74) is 0. The summed E-state index contributed by atoms with van der Waals surface area (Å²) in [5, 5.41) is 2.39. The van der Waals surface area contributed by atoms with Crippen LogP contribution < -0.4 is 0 Å². The van der Waals surface area contributed by atoms with Gasteiger partial charge in [-0.25, -0.2) is 4.99 Å². The molecule has 1 aliphatic rings. The van der Waals surface area contributed by atoms with Gasteiger partial charge in [-0.1, -0.05) is 0 Å². The van der Waals surface area contributed by atoms with Crippen molar-refractivity contribution in [2.24, 2.45) is 4.99 Å². The van der Waals surface area contributed by atoms with Crippen LogP contribution in [-0.2, 0) is 9.53 Å². The maximum Gasteiger partial charge on any atom is 0.302 e. The number of esters is 1. The number of isothiocyanates is 1. The third kappa shape index (κ3) is 3.66. The minimum absolute atomic E-state index is 0.0917. The van der Waals surface area contributed by atoms with Gasteiger partial charge >= 0.3 is 5.97 Å². The standard InChI is InChI=1S/C9H13NO2S/c1-7(11)12-9-4-2-8(3-5-9)10-6-13/h8-9H,2-5H2,1H3. The second-order valence-electron chi connectivity index (χ2n) is 3.26. The normalized spacial score (nSPS) is 27.5. The number of rotatable bonds is 2. The predicted molar refractivity (Wildman–Crippen MR) is 52.8 cm³/mol. The van der Waals surface area contributed by atoms with E-state index in [2.05, 4.69) is 22.4 Å². The summed E-state index contributed by atoms with van der Waals surface area (Å²) in [5.74, 6) is -0.193. The van der Waals surface area contributed by atoms with E-state index in [-0.39, 0.29) is 12.1 Å². The van der Waals surface area contributed by atoms with Crippen molar-refractivity contribution in [3.05, 3.63) is 0 Å². The number of hydrogen-bond acceptors (Lipinski definition) is 4. The first-order valence-electron chi connectivity index (χ1n) is 4.46. The zero-order valence-electron chi connectivity index (χ0n) is 7.66. The summed E-state index contributed by atoms with van der Waals surface area (Å²) >= 11 is 4.53. The highest BCUT2D eigenvalue weighted by Gasteiger charge is 2.22. The van der Waals surface area contributed by atoms with Crippen LogP contribution in [0.1, 0.15) is 32.6 Å². The molecule has 1 rings (SSSR count). The topological polar surface area (TPSA) is 38.7 Å². The molecule has 3 nitrogen and oxygen atoms in total. The number of carbonyl (C=O) groups excluding carboxylic acids is 1. The number of aliphatic imine (C=N–C) groups is 1. The molecular formula is C9H13NO2S. The van der Waals surface area contributed by atoms with E-state index in [0.29, 0.717) is 6.04 Å². The highest BCUT2D eigenvalue weighted by molar-refractivity contribution is 7.78. The molecule has 0 aromatic heterocycles. The summed E-state index contributed by atoms with van der Waals surface area (Å²) in [6, 6.07) is 0.296. The lowest BCUT2D eigenvalue weighted by Crippen LogP contribution is -2.25. The van der Waals surface area contributed by atoms with Gasteiger partial charge in [-0.2, -0.15) is 0 Å². The maximum absolute atomic E-state index is 10.6. The van der Waals surface area contributed by atoms with Gasteiger partial charge in [0.15, 0.2) is 0 Å². The van der Waals surface area contributed by atoms with E-state index in [0.717, 1.165) is 25.7 Å². The summed E-state index contributed by atoms with van der Waals surface area (Å²) in [7, 11) is 0. The molecule has 0 aromatic carbocycles. The first kappa shape index (κ1) is 10.4. The smallest absolute Gasteiger partial charge is 0.302 e. The fourth-order valence-corrected chi connectivity index (χ4v) is 1.75. The van der Waals surface area contributed by atoms with Gasteiger partial charge in [0, 0.05) is 6.92 Å². The van der Waals surface area contributed by atoms with Gasteiger partial charge in [0.05, 0.1) is 11.2 Å². The lowest BCUT2D eigenvalue weighted by molar-refractivity contribution is -0.147. The average Bonchev–Trinajstić information content (AvgIpc) is 2.08. The highest BCUT2D eigenvalue weighted by atomic mass is 32.1. The van der Waals surface area contributed by atoms with Gasteiger partial charge < -0.3 is 4.74 Å². The molecule has 1 fully saturated rings. The fraction of sp³-hybridized carbons (Fsp3) is 0.778. The minimum Gasteiger partial charge on any atom is -0.463 e. The molecule has 1 aliphatic carbocycles. The van der Waals surface area contributed by atoms with E-state index >= 15 is 0 Å². The highest BCUT2D eigenvalue weighted by Crippen LogP contribution is 2.23. The van der Waals surface area contributed by atoms with Crippen LogP contribution in [0.25, 0.3) is 0 Å². The van der Waals surface area contributed by atoms with Crippen molar-refractivity contribution in [3.8, 4) is 0 Å². The molecule has 4 heteroatoms. The van der Waals surface area contributed by atoms with Gasteiger partial charge in [-0.3, -0.25) is 4.79 Å². The van der Waals surface area contributed by atoms with Crippen molar-refractivity contribution in [3.63, 3.8) is 0 Å². The molecule has 0 unspecified atom stereocenters. The molecule has 0 aromatic rings. The SMILES string of the molecule is CC(=O)OC1CCC(N=C=S)CC1. The van der Waals surface area contributed by atoms with Crippen LogP contribution in [0.2, 0.25) is 0 Å². The molecule has 0 atom stereocenters. The first-order chi connectivity index (χ1) is 6.22. The molecule has 13 heavy (non-hydrogen) atoms. The fourth-order valence-electron chi connectivity index (χ4n) is 1.60. The second-order valence-corrected chi connectivity index (χ2v) is 3.44. The monoisotopic (exact) mass is 199 g/mol. The van der Waals surface area contributed by atoms with E-state index < -0.39 is 0 Å². The molecular weight excluding hydrogens is 186 g/mol. The van der Waals surface area contributed by atoms with Crippen molar-refractivity contribution in [2.45, 2.75) is 44.8 Å². The van der Waals surface area contributed by atoms with Crippen molar-refractivity contribution < 1.29 is 9.53 Å². The van der Waals surface area contributed by atoms with E-state index in [1.807, 2.05) is 0 Å². The third-order valence-corrected chi connectivity index (χ3v) is 2.32. The summed E-state index contributed by atoms with van der Waals surface area (Å²) in [6.07, 6.45) is 3.77. The molecule has 0 saturated heterocycles. The molecule has 0 heterocycles. The lowest BCUT2D eigenvalue weighted by Gasteiger charge is -2.24. The molecule has 0 aliphatic heterocycles.